The first-order chi connectivity index (χ1) is 22.6. The quantitative estimate of drug-likeness (QED) is 0.104. The molecule has 8 atom stereocenters. The molecule has 0 aromatic heterocycles. The number of allylic oxidation sites excluding steroid dienone is 1. The molecule has 4 rings (SSSR count). The number of amides is 3. The Hall–Kier alpha value is -3.02. The second-order valence-electron chi connectivity index (χ2n) is 12.9. The third-order valence-corrected chi connectivity index (χ3v) is 10.8. The Morgan fingerprint density at radius 3 is 2.55 bits per heavy atom. The molecule has 3 heterocycles. The van der Waals surface area contributed by atoms with Crippen molar-refractivity contribution in [2.75, 3.05) is 33.3 Å². The molecule has 10 nitrogen and oxygen atoms in total. The molecule has 47 heavy (non-hydrogen) atoms. The van der Waals surface area contributed by atoms with Gasteiger partial charge in [-0.25, -0.2) is 0 Å². The number of fused-ring (bicyclic) bond motifs is 1. The van der Waals surface area contributed by atoms with Crippen LogP contribution in [0.25, 0.3) is 0 Å². The van der Waals surface area contributed by atoms with Crippen LogP contribution >= 0.6 is 15.9 Å². The van der Waals surface area contributed by atoms with Gasteiger partial charge < -0.3 is 29.3 Å². The zero-order chi connectivity index (χ0) is 34.3. The lowest BCUT2D eigenvalue weighted by Gasteiger charge is -2.37. The third-order valence-electron chi connectivity index (χ3n) is 9.92. The minimum Gasteiger partial charge on any atom is -0.455 e. The molecule has 11 heteroatoms. The second kappa shape index (κ2) is 16.4. The number of likely N-dealkylation sites (tertiary alicyclic amines) is 1. The van der Waals surface area contributed by atoms with Crippen LogP contribution < -0.4 is 0 Å². The molecule has 1 spiro atoms. The van der Waals surface area contributed by atoms with Crippen LogP contribution in [0.2, 0.25) is 0 Å². The van der Waals surface area contributed by atoms with Gasteiger partial charge in [-0.15, -0.1) is 13.2 Å². The zero-order valence-electron chi connectivity index (χ0n) is 27.9. The molecule has 1 aromatic carbocycles. The maximum Gasteiger partial charge on any atom is 0.313 e. The van der Waals surface area contributed by atoms with E-state index in [1.54, 1.807) is 29.0 Å². The number of rotatable bonds is 18. The lowest BCUT2D eigenvalue weighted by Crippen LogP contribution is -2.57. The van der Waals surface area contributed by atoms with Crippen LogP contribution in [-0.2, 0) is 28.7 Å². The molecule has 3 saturated heterocycles. The molecule has 3 amide bonds. The maximum absolute atomic E-state index is 14.4. The normalized spacial score (nSPS) is 27.2. The van der Waals surface area contributed by atoms with Gasteiger partial charge in [-0.05, 0) is 38.2 Å². The summed E-state index contributed by atoms with van der Waals surface area (Å²) in [7, 11) is 1.69. The number of hydrogen-bond donors (Lipinski definition) is 1. The summed E-state index contributed by atoms with van der Waals surface area (Å²) in [5, 5.41) is 9.69. The van der Waals surface area contributed by atoms with Gasteiger partial charge in [0.25, 0.3) is 0 Å². The van der Waals surface area contributed by atoms with Crippen molar-refractivity contribution in [3.05, 3.63) is 61.2 Å². The van der Waals surface area contributed by atoms with Gasteiger partial charge in [0, 0.05) is 44.5 Å². The number of benzene rings is 1. The Morgan fingerprint density at radius 1 is 1.19 bits per heavy atom. The lowest BCUT2D eigenvalue weighted by atomic mass is 9.70. The topological polar surface area (TPSA) is 117 Å². The maximum atomic E-state index is 14.4. The summed E-state index contributed by atoms with van der Waals surface area (Å²) in [6.45, 7) is 12.3. The highest BCUT2D eigenvalue weighted by atomic mass is 79.9. The van der Waals surface area contributed by atoms with Crippen LogP contribution in [0.5, 0.6) is 0 Å². The van der Waals surface area contributed by atoms with Crippen LogP contribution in [0, 0.1) is 11.8 Å². The van der Waals surface area contributed by atoms with Crippen molar-refractivity contribution >= 4 is 39.6 Å². The molecule has 0 aliphatic carbocycles. The summed E-state index contributed by atoms with van der Waals surface area (Å²) in [4.78, 5) is 60.6. The van der Waals surface area contributed by atoms with E-state index in [2.05, 4.69) is 36.0 Å². The smallest absolute Gasteiger partial charge is 0.313 e. The number of likely N-dealkylation sites (N-methyl/N-ethyl adjacent to an activating group) is 1. The predicted molar refractivity (Wildman–Crippen MR) is 182 cm³/mol. The fourth-order valence-corrected chi connectivity index (χ4v) is 8.40. The number of nitrogens with zero attached hydrogens (tertiary/aromatic N) is 3. The van der Waals surface area contributed by atoms with Crippen molar-refractivity contribution in [2.45, 2.75) is 93.5 Å². The van der Waals surface area contributed by atoms with E-state index in [1.165, 1.54) is 4.90 Å². The van der Waals surface area contributed by atoms with Gasteiger partial charge >= 0.3 is 5.97 Å². The van der Waals surface area contributed by atoms with E-state index < -0.39 is 47.7 Å². The summed E-state index contributed by atoms with van der Waals surface area (Å²) in [6.07, 6.45) is 6.10. The largest absolute Gasteiger partial charge is 0.455 e. The highest BCUT2D eigenvalue weighted by Crippen LogP contribution is 2.60. The predicted octanol–water partition coefficient (Wildman–Crippen LogP) is 4.42. The van der Waals surface area contributed by atoms with Crippen molar-refractivity contribution in [2.24, 2.45) is 11.8 Å². The van der Waals surface area contributed by atoms with Gasteiger partial charge in [0.05, 0.1) is 24.0 Å². The van der Waals surface area contributed by atoms with Crippen molar-refractivity contribution in [1.82, 2.24) is 14.7 Å². The van der Waals surface area contributed by atoms with E-state index in [0.717, 1.165) is 19.3 Å². The van der Waals surface area contributed by atoms with Crippen LogP contribution in [0.15, 0.2) is 55.6 Å². The van der Waals surface area contributed by atoms with E-state index in [4.69, 9.17) is 9.47 Å². The molecule has 1 N–H and O–H groups in total. The molecule has 0 saturated carbocycles. The van der Waals surface area contributed by atoms with Gasteiger partial charge in [0.15, 0.2) is 0 Å². The molecular weight excluding hydrogens is 666 g/mol. The average Bonchev–Trinajstić information content (AvgIpc) is 3.67. The SMILES string of the molecule is C=CCCC(=O)N(C)[C@H](C)[C@H](OC(=O)[C@@H]1[C@H]2O[C@@]3(CC2Br)[C@H](C(=O)N(CC=C)CCCCC)N(CCCO)C(=O)[C@@H]13)c1ccccc1. The van der Waals surface area contributed by atoms with Crippen molar-refractivity contribution in [3.63, 3.8) is 0 Å². The van der Waals surface area contributed by atoms with E-state index in [-0.39, 0.29) is 48.5 Å². The van der Waals surface area contributed by atoms with E-state index >= 15 is 0 Å². The van der Waals surface area contributed by atoms with Gasteiger partial charge in [-0.1, -0.05) is 78.2 Å². The Labute approximate surface area is 287 Å². The molecule has 1 unspecified atom stereocenters. The second-order valence-corrected chi connectivity index (χ2v) is 14.1. The van der Waals surface area contributed by atoms with Crippen molar-refractivity contribution in [3.8, 4) is 0 Å². The summed E-state index contributed by atoms with van der Waals surface area (Å²) in [6, 6.07) is 7.78. The summed E-state index contributed by atoms with van der Waals surface area (Å²) >= 11 is 3.73. The number of carbonyl (C=O) groups excluding carboxylic acids is 4. The number of esters is 1. The van der Waals surface area contributed by atoms with Gasteiger partial charge in [-0.3, -0.25) is 19.2 Å². The van der Waals surface area contributed by atoms with Crippen LogP contribution in [0.3, 0.4) is 0 Å². The van der Waals surface area contributed by atoms with Crippen molar-refractivity contribution in [1.29, 1.82) is 0 Å². The minimum atomic E-state index is -1.23. The number of hydrogen-bond acceptors (Lipinski definition) is 7. The van der Waals surface area contributed by atoms with Crippen LogP contribution in [0.4, 0.5) is 0 Å². The highest BCUT2D eigenvalue weighted by molar-refractivity contribution is 9.09. The van der Waals surface area contributed by atoms with E-state index in [9.17, 15) is 24.3 Å². The summed E-state index contributed by atoms with van der Waals surface area (Å²) in [5.74, 6) is -3.18. The molecule has 2 bridgehead atoms. The highest BCUT2D eigenvalue weighted by Gasteiger charge is 2.77. The van der Waals surface area contributed by atoms with E-state index in [0.29, 0.717) is 31.5 Å². The Kier molecular flexibility index (Phi) is 12.8. The monoisotopic (exact) mass is 715 g/mol. The zero-order valence-corrected chi connectivity index (χ0v) is 29.5. The molecule has 3 aliphatic rings. The number of alkyl halides is 1. The first kappa shape index (κ1) is 36.8. The van der Waals surface area contributed by atoms with Crippen LogP contribution in [0.1, 0.15) is 70.5 Å². The van der Waals surface area contributed by atoms with Crippen molar-refractivity contribution < 1.29 is 33.8 Å². The summed E-state index contributed by atoms with van der Waals surface area (Å²) < 4.78 is 13.0. The molecule has 1 aromatic rings. The average molecular weight is 717 g/mol. The van der Waals surface area contributed by atoms with Gasteiger partial charge in [0.1, 0.15) is 17.7 Å². The number of ether oxygens (including phenoxy) is 2. The fourth-order valence-electron chi connectivity index (χ4n) is 7.46. The van der Waals surface area contributed by atoms with Gasteiger partial charge in [-0.2, -0.15) is 0 Å². The number of unbranched alkanes of at least 4 members (excludes halogenated alkanes) is 2. The fraction of sp³-hybridized carbons (Fsp3) is 0.611. The molecular formula is C36H50BrN3O7. The van der Waals surface area contributed by atoms with Gasteiger partial charge in [0.2, 0.25) is 17.7 Å². The standard InChI is InChI=1S/C36H50BrN3O7/c1-6-9-14-20-39(19-8-3)34(44)32-36-23-26(37)31(47-36)28(29(36)33(43)40(32)21-15-22-41)35(45)46-30(25-16-12-11-13-17-25)24(4)38(5)27(42)18-10-7-2/h7-8,11-13,16-17,24,26,28-32,41H,2-3,6,9-10,14-15,18-23H2,1,4-5H3/t24-,26?,28+,29-,30+,31+,32+,36-/m1/s1. The molecule has 3 aliphatic heterocycles. The Morgan fingerprint density at radius 2 is 1.91 bits per heavy atom. The molecule has 0 radical (unpaired) electrons. The summed E-state index contributed by atoms with van der Waals surface area (Å²) in [5.41, 5.74) is -0.518. The third kappa shape index (κ3) is 7.37. The number of carbonyl (C=O) groups is 4. The lowest BCUT2D eigenvalue weighted by molar-refractivity contribution is -0.164. The number of aliphatic hydroxyl groups excluding tert-OH is 1. The van der Waals surface area contributed by atoms with E-state index in [1.807, 2.05) is 37.3 Å². The van der Waals surface area contributed by atoms with Crippen LogP contribution in [-0.4, -0.2) is 105 Å². The Balaban J connectivity index is 1.68. The molecule has 3 fully saturated rings. The molecule has 258 valence electrons. The number of halogens is 1. The number of aliphatic hydroxyl groups is 1. The first-order valence-corrected chi connectivity index (χ1v) is 17.7. The Bertz CT molecular complexity index is 1290. The first-order valence-electron chi connectivity index (χ1n) is 16.8. The minimum absolute atomic E-state index is 0.105.